The summed E-state index contributed by atoms with van der Waals surface area (Å²) in [6.07, 6.45) is 10.7. The van der Waals surface area contributed by atoms with Gasteiger partial charge in [-0.1, -0.05) is 37.6 Å². The minimum Gasteiger partial charge on any atom is -0.391 e. The molecule has 0 unspecified atom stereocenters. The van der Waals surface area contributed by atoms with E-state index in [9.17, 15) is 22.4 Å². The molecule has 2 aromatic rings. The number of benzene rings is 1. The molecule has 188 valence electrons. The lowest BCUT2D eigenvalue weighted by atomic mass is 10.1. The van der Waals surface area contributed by atoms with Crippen molar-refractivity contribution in [3.8, 4) is 0 Å². The van der Waals surface area contributed by atoms with Gasteiger partial charge in [-0.2, -0.15) is 0 Å². The number of halogens is 1. The van der Waals surface area contributed by atoms with Crippen LogP contribution in [0.4, 0.5) is 4.39 Å². The molecular weight excluding hydrogens is 471 g/mol. The third kappa shape index (κ3) is 5.04. The summed E-state index contributed by atoms with van der Waals surface area (Å²) in [6.45, 7) is 1.67. The van der Waals surface area contributed by atoms with Gasteiger partial charge in [-0.25, -0.2) is 22.3 Å². The highest BCUT2D eigenvalue weighted by molar-refractivity contribution is 7.89. The molecule has 1 heterocycles. The number of aryl methyl sites for hydroxylation is 1. The van der Waals surface area contributed by atoms with Crippen molar-refractivity contribution in [2.24, 2.45) is 0 Å². The molecule has 0 radical (unpaired) electrons. The number of sulfonamides is 1. The van der Waals surface area contributed by atoms with Crippen molar-refractivity contribution in [2.75, 3.05) is 13.7 Å². The summed E-state index contributed by atoms with van der Waals surface area (Å²) in [4.78, 5) is 26.9. The predicted molar refractivity (Wildman–Crippen MR) is 135 cm³/mol. The van der Waals surface area contributed by atoms with Gasteiger partial charge in [0.25, 0.3) is 5.56 Å². The predicted octanol–water partition coefficient (Wildman–Crippen LogP) is 2.73. The molecule has 0 saturated heterocycles. The van der Waals surface area contributed by atoms with Gasteiger partial charge in [-0.3, -0.25) is 13.9 Å². The molecular formula is C25H31FN4O4S. The minimum atomic E-state index is -4.04. The van der Waals surface area contributed by atoms with Crippen LogP contribution in [-0.4, -0.2) is 36.8 Å². The van der Waals surface area contributed by atoms with Crippen LogP contribution in [0, 0.1) is 0 Å². The second kappa shape index (κ2) is 9.94. The van der Waals surface area contributed by atoms with E-state index < -0.39 is 33.5 Å². The first-order valence-corrected chi connectivity index (χ1v) is 13.3. The Morgan fingerprint density at radius 3 is 2.57 bits per heavy atom. The Kier molecular flexibility index (Phi) is 7.14. The average molecular weight is 503 g/mol. The average Bonchev–Trinajstić information content (AvgIpc) is 3.65. The van der Waals surface area contributed by atoms with Gasteiger partial charge in [0.1, 0.15) is 6.67 Å². The third-order valence-corrected chi connectivity index (χ3v) is 8.16. The van der Waals surface area contributed by atoms with E-state index in [4.69, 9.17) is 0 Å². The van der Waals surface area contributed by atoms with Crippen LogP contribution in [0.1, 0.15) is 39.0 Å². The minimum absolute atomic E-state index is 0.0499. The number of alkyl halides is 1. The topological polar surface area (TPSA) is 102 Å². The zero-order chi connectivity index (χ0) is 25.2. The lowest BCUT2D eigenvalue weighted by Crippen LogP contribution is -2.41. The first-order valence-electron chi connectivity index (χ1n) is 11.9. The van der Waals surface area contributed by atoms with E-state index in [1.54, 1.807) is 7.05 Å². The van der Waals surface area contributed by atoms with Gasteiger partial charge in [0.2, 0.25) is 10.0 Å². The molecule has 0 amide bonds. The highest BCUT2D eigenvalue weighted by Crippen LogP contribution is 2.37. The SMILES string of the molecule is CCCCn1c(=O)n(CC2=C(NC)CC=CC=C2)c(=O)c2cc(S(=O)(=O)NC3(CF)CC3)ccc21. The molecule has 10 heteroatoms. The number of allylic oxidation sites excluding steroid dienone is 5. The van der Waals surface area contributed by atoms with Crippen molar-refractivity contribution in [1.82, 2.24) is 19.2 Å². The summed E-state index contributed by atoms with van der Waals surface area (Å²) in [5, 5.41) is 3.27. The van der Waals surface area contributed by atoms with Gasteiger partial charge < -0.3 is 5.32 Å². The van der Waals surface area contributed by atoms with Crippen LogP contribution in [0.15, 0.2) is 68.3 Å². The molecule has 1 aromatic heterocycles. The van der Waals surface area contributed by atoms with Gasteiger partial charge in [-0.15, -0.1) is 0 Å². The van der Waals surface area contributed by atoms with Gasteiger partial charge in [0.15, 0.2) is 0 Å². The molecule has 35 heavy (non-hydrogen) atoms. The maximum Gasteiger partial charge on any atom is 0.331 e. The Morgan fingerprint density at radius 1 is 1.14 bits per heavy atom. The Balaban J connectivity index is 1.87. The Bertz CT molecular complexity index is 1450. The summed E-state index contributed by atoms with van der Waals surface area (Å²) in [5.41, 5.74) is 0.0213. The standard InChI is InChI=1S/C25H31FN4O4S/c1-3-4-14-29-22-11-10-19(35(33,34)28-25(17-26)12-13-25)15-20(22)23(31)30(24(29)32)16-18-8-6-5-7-9-21(18)27-2/h5-8,10-11,15,27-28H,3-4,9,12-14,16-17H2,1-2H3. The van der Waals surface area contributed by atoms with E-state index >= 15 is 0 Å². The van der Waals surface area contributed by atoms with Crippen LogP contribution in [-0.2, 0) is 23.1 Å². The number of nitrogens with zero attached hydrogens (tertiary/aromatic N) is 2. The largest absolute Gasteiger partial charge is 0.391 e. The molecule has 2 N–H and O–H groups in total. The first-order chi connectivity index (χ1) is 16.7. The highest BCUT2D eigenvalue weighted by Gasteiger charge is 2.46. The van der Waals surface area contributed by atoms with Crippen LogP contribution in [0.3, 0.4) is 0 Å². The summed E-state index contributed by atoms with van der Waals surface area (Å²) in [5.74, 6) is 0. The van der Waals surface area contributed by atoms with Crippen LogP contribution >= 0.6 is 0 Å². The number of hydrogen-bond acceptors (Lipinski definition) is 5. The van der Waals surface area contributed by atoms with Crippen molar-refractivity contribution in [3.63, 3.8) is 0 Å². The van der Waals surface area contributed by atoms with Crippen molar-refractivity contribution < 1.29 is 12.8 Å². The zero-order valence-electron chi connectivity index (χ0n) is 20.0. The molecule has 1 aromatic carbocycles. The normalized spacial score (nSPS) is 17.1. The van der Waals surface area contributed by atoms with Crippen molar-refractivity contribution in [3.05, 3.63) is 74.6 Å². The van der Waals surface area contributed by atoms with Crippen LogP contribution in [0.2, 0.25) is 0 Å². The first kappa shape index (κ1) is 25.1. The van der Waals surface area contributed by atoms with Crippen molar-refractivity contribution in [1.29, 1.82) is 0 Å². The molecule has 1 fully saturated rings. The summed E-state index contributed by atoms with van der Waals surface area (Å²) in [6, 6.07) is 4.16. The summed E-state index contributed by atoms with van der Waals surface area (Å²) >= 11 is 0. The second-order valence-electron chi connectivity index (χ2n) is 9.12. The van der Waals surface area contributed by atoms with Gasteiger partial charge >= 0.3 is 5.69 Å². The van der Waals surface area contributed by atoms with E-state index in [0.717, 1.165) is 28.7 Å². The van der Waals surface area contributed by atoms with Gasteiger partial charge in [-0.05, 0) is 43.0 Å². The number of rotatable bonds is 10. The third-order valence-electron chi connectivity index (χ3n) is 6.59. The number of nitrogens with one attached hydrogen (secondary N) is 2. The van der Waals surface area contributed by atoms with E-state index in [1.807, 2.05) is 31.2 Å². The fourth-order valence-electron chi connectivity index (χ4n) is 4.25. The summed E-state index contributed by atoms with van der Waals surface area (Å²) < 4.78 is 44.4. The molecule has 0 spiro atoms. The lowest BCUT2D eigenvalue weighted by Gasteiger charge is -2.17. The van der Waals surface area contributed by atoms with E-state index in [-0.39, 0.29) is 16.8 Å². The Morgan fingerprint density at radius 2 is 1.91 bits per heavy atom. The Hall–Kier alpha value is -2.98. The van der Waals surface area contributed by atoms with Crippen LogP contribution < -0.4 is 21.3 Å². The fraction of sp³-hybridized carbons (Fsp3) is 0.440. The van der Waals surface area contributed by atoms with Gasteiger partial charge in [0.05, 0.1) is 27.9 Å². The number of unbranched alkanes of at least 4 members (excludes halogenated alkanes) is 1. The van der Waals surface area contributed by atoms with Crippen molar-refractivity contribution >= 4 is 20.9 Å². The van der Waals surface area contributed by atoms with E-state index in [2.05, 4.69) is 10.0 Å². The zero-order valence-corrected chi connectivity index (χ0v) is 20.8. The molecule has 8 nitrogen and oxygen atoms in total. The monoisotopic (exact) mass is 502 g/mol. The van der Waals surface area contributed by atoms with Crippen LogP contribution in [0.5, 0.6) is 0 Å². The molecule has 0 atom stereocenters. The maximum atomic E-state index is 13.6. The lowest BCUT2D eigenvalue weighted by molar-refractivity contribution is 0.393. The molecule has 2 aliphatic carbocycles. The molecule has 1 saturated carbocycles. The molecule has 2 aliphatic rings. The Labute approximate surface area is 203 Å². The molecule has 0 aliphatic heterocycles. The summed E-state index contributed by atoms with van der Waals surface area (Å²) in [7, 11) is -2.25. The molecule has 0 bridgehead atoms. The smallest absolute Gasteiger partial charge is 0.331 e. The fourth-order valence-corrected chi connectivity index (χ4v) is 5.72. The number of aromatic nitrogens is 2. The second-order valence-corrected chi connectivity index (χ2v) is 10.8. The van der Waals surface area contributed by atoms with E-state index in [1.165, 1.54) is 22.8 Å². The van der Waals surface area contributed by atoms with Gasteiger partial charge in [0, 0.05) is 25.7 Å². The highest BCUT2D eigenvalue weighted by atomic mass is 32.2. The van der Waals surface area contributed by atoms with Crippen LogP contribution in [0.25, 0.3) is 10.9 Å². The maximum absolute atomic E-state index is 13.6. The van der Waals surface area contributed by atoms with E-state index in [0.29, 0.717) is 31.3 Å². The quantitative estimate of drug-likeness (QED) is 0.520. The number of hydrogen-bond donors (Lipinski definition) is 2. The van der Waals surface area contributed by atoms with Crippen molar-refractivity contribution in [2.45, 2.75) is 62.6 Å². The molecule has 4 rings (SSSR count). The number of fused-ring (bicyclic) bond motifs is 1.